The molecule has 2 aromatic rings. The van der Waals surface area contributed by atoms with Crippen molar-refractivity contribution in [3.05, 3.63) is 65.7 Å². The summed E-state index contributed by atoms with van der Waals surface area (Å²) in [5, 5.41) is 11.5. The Labute approximate surface area is 134 Å². The zero-order valence-corrected chi connectivity index (χ0v) is 12.7. The molecule has 23 heavy (non-hydrogen) atoms. The number of amides is 1. The zero-order valence-electron chi connectivity index (χ0n) is 12.7. The minimum absolute atomic E-state index is 0.0225. The fourth-order valence-electron chi connectivity index (χ4n) is 2.08. The van der Waals surface area contributed by atoms with E-state index in [0.717, 1.165) is 11.1 Å². The van der Waals surface area contributed by atoms with E-state index in [1.165, 1.54) is 0 Å². The highest BCUT2D eigenvalue weighted by Gasteiger charge is 2.04. The van der Waals surface area contributed by atoms with Crippen molar-refractivity contribution < 1.29 is 19.4 Å². The van der Waals surface area contributed by atoms with Gasteiger partial charge >= 0.3 is 5.97 Å². The van der Waals surface area contributed by atoms with Crippen LogP contribution in [0.25, 0.3) is 0 Å². The SMILES string of the molecule is O=C(O)COc1cccc(CCC(=O)NCc2ccccc2)c1. The Kier molecular flexibility index (Phi) is 6.17. The molecule has 0 aliphatic heterocycles. The summed E-state index contributed by atoms with van der Waals surface area (Å²) in [5.41, 5.74) is 1.99. The van der Waals surface area contributed by atoms with Crippen LogP contribution >= 0.6 is 0 Å². The van der Waals surface area contributed by atoms with Crippen LogP contribution in [-0.2, 0) is 22.6 Å². The average molecular weight is 313 g/mol. The molecule has 120 valence electrons. The van der Waals surface area contributed by atoms with Gasteiger partial charge in [0.2, 0.25) is 5.91 Å². The van der Waals surface area contributed by atoms with Crippen LogP contribution in [0, 0.1) is 0 Å². The van der Waals surface area contributed by atoms with Gasteiger partial charge in [0.05, 0.1) is 0 Å². The Morgan fingerprint density at radius 2 is 1.74 bits per heavy atom. The van der Waals surface area contributed by atoms with Gasteiger partial charge in [-0.3, -0.25) is 4.79 Å². The number of nitrogens with one attached hydrogen (secondary N) is 1. The number of rotatable bonds is 8. The van der Waals surface area contributed by atoms with Crippen LogP contribution in [0.4, 0.5) is 0 Å². The van der Waals surface area contributed by atoms with Gasteiger partial charge in [-0.05, 0) is 29.7 Å². The Bertz CT molecular complexity index is 655. The first kappa shape index (κ1) is 16.5. The van der Waals surface area contributed by atoms with Crippen molar-refractivity contribution in [2.45, 2.75) is 19.4 Å². The van der Waals surface area contributed by atoms with Crippen LogP contribution in [0.5, 0.6) is 5.75 Å². The Morgan fingerprint density at radius 1 is 1.00 bits per heavy atom. The minimum atomic E-state index is -1.02. The van der Waals surface area contributed by atoms with Crippen molar-refractivity contribution in [1.29, 1.82) is 0 Å². The summed E-state index contributed by atoms with van der Waals surface area (Å²) in [4.78, 5) is 22.4. The van der Waals surface area contributed by atoms with E-state index >= 15 is 0 Å². The molecular weight excluding hydrogens is 294 g/mol. The summed E-state index contributed by atoms with van der Waals surface area (Å²) in [6.45, 7) is 0.141. The first-order valence-electron chi connectivity index (χ1n) is 7.37. The van der Waals surface area contributed by atoms with Crippen LogP contribution in [0.15, 0.2) is 54.6 Å². The second kappa shape index (κ2) is 8.58. The number of hydrogen-bond donors (Lipinski definition) is 2. The second-order valence-electron chi connectivity index (χ2n) is 5.09. The maximum atomic E-state index is 11.9. The van der Waals surface area contributed by atoms with Gasteiger partial charge in [0.15, 0.2) is 6.61 Å². The molecule has 0 saturated heterocycles. The van der Waals surface area contributed by atoms with Gasteiger partial charge in [-0.2, -0.15) is 0 Å². The first-order valence-corrected chi connectivity index (χ1v) is 7.37. The van der Waals surface area contributed by atoms with Crippen molar-refractivity contribution in [3.8, 4) is 5.75 Å². The summed E-state index contributed by atoms with van der Waals surface area (Å²) in [5.74, 6) is -0.545. The van der Waals surface area contributed by atoms with Crippen molar-refractivity contribution in [1.82, 2.24) is 5.32 Å². The van der Waals surface area contributed by atoms with Crippen molar-refractivity contribution in [2.24, 2.45) is 0 Å². The minimum Gasteiger partial charge on any atom is -0.482 e. The van der Waals surface area contributed by atoms with E-state index < -0.39 is 5.97 Å². The van der Waals surface area contributed by atoms with Gasteiger partial charge in [-0.25, -0.2) is 4.79 Å². The maximum absolute atomic E-state index is 11.9. The fourth-order valence-corrected chi connectivity index (χ4v) is 2.08. The first-order chi connectivity index (χ1) is 11.1. The molecular formula is C18H19NO4. The topological polar surface area (TPSA) is 75.6 Å². The number of aliphatic carboxylic acids is 1. The predicted molar refractivity (Wildman–Crippen MR) is 86.2 cm³/mol. The van der Waals surface area contributed by atoms with E-state index in [1.807, 2.05) is 36.4 Å². The number of carbonyl (C=O) groups excluding carboxylic acids is 1. The lowest BCUT2D eigenvalue weighted by molar-refractivity contribution is -0.139. The lowest BCUT2D eigenvalue weighted by atomic mass is 10.1. The van der Waals surface area contributed by atoms with Crippen LogP contribution in [0.1, 0.15) is 17.5 Å². The number of carboxylic acids is 1. The van der Waals surface area contributed by atoms with Gasteiger partial charge in [-0.15, -0.1) is 0 Å². The van der Waals surface area contributed by atoms with Gasteiger partial charge < -0.3 is 15.2 Å². The van der Waals surface area contributed by atoms with Crippen LogP contribution in [0.2, 0.25) is 0 Å². The zero-order chi connectivity index (χ0) is 16.5. The summed E-state index contributed by atoms with van der Waals surface area (Å²) >= 11 is 0. The molecule has 0 aliphatic carbocycles. The number of carbonyl (C=O) groups is 2. The smallest absolute Gasteiger partial charge is 0.341 e. The molecule has 0 unspecified atom stereocenters. The number of aryl methyl sites for hydroxylation is 1. The highest BCUT2D eigenvalue weighted by atomic mass is 16.5. The Balaban J connectivity index is 1.77. The van der Waals surface area contributed by atoms with Crippen LogP contribution in [-0.4, -0.2) is 23.6 Å². The number of carboxylic acid groups (broad SMARTS) is 1. The molecule has 5 heteroatoms. The molecule has 0 fully saturated rings. The number of benzene rings is 2. The Hall–Kier alpha value is -2.82. The fraction of sp³-hybridized carbons (Fsp3) is 0.222. The average Bonchev–Trinajstić information content (AvgIpc) is 2.57. The predicted octanol–water partition coefficient (Wildman–Crippen LogP) is 2.40. The molecule has 0 atom stereocenters. The van der Waals surface area contributed by atoms with Gasteiger partial charge in [0.1, 0.15) is 5.75 Å². The van der Waals surface area contributed by atoms with E-state index in [9.17, 15) is 9.59 Å². The lowest BCUT2D eigenvalue weighted by Gasteiger charge is -2.07. The summed E-state index contributed by atoms with van der Waals surface area (Å²) in [6.07, 6.45) is 0.945. The highest BCUT2D eigenvalue weighted by Crippen LogP contribution is 2.14. The second-order valence-corrected chi connectivity index (χ2v) is 5.09. The lowest BCUT2D eigenvalue weighted by Crippen LogP contribution is -2.22. The van der Waals surface area contributed by atoms with Gasteiger partial charge in [0, 0.05) is 13.0 Å². The largest absolute Gasteiger partial charge is 0.482 e. The molecule has 0 spiro atoms. The van der Waals surface area contributed by atoms with E-state index in [4.69, 9.17) is 9.84 Å². The molecule has 0 heterocycles. The molecule has 5 nitrogen and oxygen atoms in total. The standard InChI is InChI=1S/C18H19NO4/c20-17(19-12-15-5-2-1-3-6-15)10-9-14-7-4-8-16(11-14)23-13-18(21)22/h1-8,11H,9-10,12-13H2,(H,19,20)(H,21,22). The number of ether oxygens (including phenoxy) is 1. The van der Waals surface area contributed by atoms with Crippen molar-refractivity contribution >= 4 is 11.9 Å². The third-order valence-corrected chi connectivity index (χ3v) is 3.23. The summed E-state index contributed by atoms with van der Waals surface area (Å²) in [7, 11) is 0. The summed E-state index contributed by atoms with van der Waals surface area (Å²) < 4.78 is 5.12. The van der Waals surface area contributed by atoms with E-state index in [0.29, 0.717) is 25.1 Å². The summed E-state index contributed by atoms with van der Waals surface area (Å²) in [6, 6.07) is 16.9. The molecule has 0 saturated carbocycles. The maximum Gasteiger partial charge on any atom is 0.341 e. The normalized spacial score (nSPS) is 10.1. The van der Waals surface area contributed by atoms with Crippen LogP contribution < -0.4 is 10.1 Å². The third-order valence-electron chi connectivity index (χ3n) is 3.23. The molecule has 1 amide bonds. The molecule has 2 aromatic carbocycles. The highest BCUT2D eigenvalue weighted by molar-refractivity contribution is 5.76. The van der Waals surface area contributed by atoms with Gasteiger partial charge in [0.25, 0.3) is 0 Å². The molecule has 0 bridgehead atoms. The number of hydrogen-bond acceptors (Lipinski definition) is 3. The van der Waals surface area contributed by atoms with Gasteiger partial charge in [-0.1, -0.05) is 42.5 Å². The third kappa shape index (κ3) is 6.22. The molecule has 0 radical (unpaired) electrons. The Morgan fingerprint density at radius 3 is 2.48 bits per heavy atom. The molecule has 0 aliphatic rings. The monoisotopic (exact) mass is 313 g/mol. The van der Waals surface area contributed by atoms with Crippen LogP contribution in [0.3, 0.4) is 0 Å². The molecule has 0 aromatic heterocycles. The quantitative estimate of drug-likeness (QED) is 0.784. The molecule has 2 rings (SSSR count). The molecule has 2 N–H and O–H groups in total. The van der Waals surface area contributed by atoms with Crippen molar-refractivity contribution in [2.75, 3.05) is 6.61 Å². The van der Waals surface area contributed by atoms with E-state index in [-0.39, 0.29) is 12.5 Å². The van der Waals surface area contributed by atoms with Crippen molar-refractivity contribution in [3.63, 3.8) is 0 Å². The van der Waals surface area contributed by atoms with E-state index in [1.54, 1.807) is 18.2 Å². The van der Waals surface area contributed by atoms with E-state index in [2.05, 4.69) is 5.32 Å².